The van der Waals surface area contributed by atoms with Crippen LogP contribution in [-0.2, 0) is 11.3 Å². The number of benzene rings is 1. The second-order valence-corrected chi connectivity index (χ2v) is 8.86. The fourth-order valence-electron chi connectivity index (χ4n) is 4.64. The van der Waals surface area contributed by atoms with Crippen LogP contribution in [0.15, 0.2) is 36.5 Å². The number of fused-ring (bicyclic) bond motifs is 2. The van der Waals surface area contributed by atoms with E-state index in [2.05, 4.69) is 25.5 Å². The standard InChI is InChI=1S/C25H28FN5O4.ClH/c1-34-17-3-4-20-18(10-17)24(19(26)12-28-20)21(32)13-31-8-6-15(7-9-31)27-11-16-2-5-22-25(29-16)30-23(33)14-35-22;/h2-5,10,12,15,21,27,32H,6-9,11,13-14H2,1H3,(H,29,30,33);1H. The third-order valence-electron chi connectivity index (χ3n) is 6.52. The SMILES string of the molecule is COc1ccc2ncc(F)c(C(O)CN3CCC(NCc4ccc5c(n4)NC(=O)CO5)CC3)c2c1.Cl. The van der Waals surface area contributed by atoms with Gasteiger partial charge in [0.25, 0.3) is 5.91 Å². The lowest BCUT2D eigenvalue weighted by atomic mass is 10.0. The van der Waals surface area contributed by atoms with Crippen molar-refractivity contribution in [3.05, 3.63) is 53.6 Å². The number of aromatic nitrogens is 2. The molecule has 0 saturated carbocycles. The number of amides is 1. The Balaban J connectivity index is 0.00000304. The lowest BCUT2D eigenvalue weighted by Crippen LogP contribution is -2.43. The van der Waals surface area contributed by atoms with Crippen molar-refractivity contribution in [1.29, 1.82) is 0 Å². The Hall–Kier alpha value is -3.05. The van der Waals surface area contributed by atoms with Crippen LogP contribution in [0.3, 0.4) is 0 Å². The van der Waals surface area contributed by atoms with Gasteiger partial charge in [-0.25, -0.2) is 9.37 Å². The van der Waals surface area contributed by atoms with Crippen LogP contribution in [0.4, 0.5) is 10.2 Å². The molecule has 1 saturated heterocycles. The lowest BCUT2D eigenvalue weighted by molar-refractivity contribution is -0.118. The normalized spacial score (nSPS) is 17.0. The van der Waals surface area contributed by atoms with Crippen molar-refractivity contribution in [3.8, 4) is 11.5 Å². The summed E-state index contributed by atoms with van der Waals surface area (Å²) in [6.07, 6.45) is 1.97. The summed E-state index contributed by atoms with van der Waals surface area (Å²) in [4.78, 5) is 22.3. The number of ether oxygens (including phenoxy) is 2. The molecular weight excluding hydrogens is 489 g/mol. The van der Waals surface area contributed by atoms with Gasteiger partial charge >= 0.3 is 0 Å². The Labute approximate surface area is 214 Å². The first-order valence-electron chi connectivity index (χ1n) is 11.7. The number of carbonyl (C=O) groups is 1. The average Bonchev–Trinajstić information content (AvgIpc) is 2.87. The van der Waals surface area contributed by atoms with Gasteiger partial charge in [0.05, 0.1) is 30.6 Å². The zero-order valence-corrected chi connectivity index (χ0v) is 20.7. The summed E-state index contributed by atoms with van der Waals surface area (Å²) >= 11 is 0. The molecule has 3 aromatic rings. The van der Waals surface area contributed by atoms with E-state index >= 15 is 0 Å². The molecule has 3 N–H and O–H groups in total. The Bertz CT molecular complexity index is 1240. The second-order valence-electron chi connectivity index (χ2n) is 8.86. The smallest absolute Gasteiger partial charge is 0.263 e. The van der Waals surface area contributed by atoms with Crippen LogP contribution >= 0.6 is 12.4 Å². The zero-order chi connectivity index (χ0) is 24.4. The van der Waals surface area contributed by atoms with Gasteiger partial charge in [0.2, 0.25) is 0 Å². The summed E-state index contributed by atoms with van der Waals surface area (Å²) in [7, 11) is 1.55. The number of pyridine rings is 2. The molecule has 1 atom stereocenters. The van der Waals surface area contributed by atoms with Crippen molar-refractivity contribution in [3.63, 3.8) is 0 Å². The van der Waals surface area contributed by atoms with Crippen molar-refractivity contribution < 1.29 is 23.8 Å². The van der Waals surface area contributed by atoms with E-state index in [0.29, 0.717) is 47.4 Å². The number of hydrogen-bond donors (Lipinski definition) is 3. The Kier molecular flexibility index (Phi) is 8.20. The van der Waals surface area contributed by atoms with Gasteiger partial charge in [0, 0.05) is 30.1 Å². The number of rotatable bonds is 7. The Morgan fingerprint density at radius 2 is 2.11 bits per heavy atom. The van der Waals surface area contributed by atoms with E-state index in [0.717, 1.165) is 37.8 Å². The number of likely N-dealkylation sites (tertiary alicyclic amines) is 1. The van der Waals surface area contributed by atoms with Crippen molar-refractivity contribution in [1.82, 2.24) is 20.2 Å². The predicted octanol–water partition coefficient (Wildman–Crippen LogP) is 2.82. The number of methoxy groups -OCH3 is 1. The van der Waals surface area contributed by atoms with Crippen LogP contribution in [0, 0.1) is 5.82 Å². The monoisotopic (exact) mass is 517 g/mol. The van der Waals surface area contributed by atoms with E-state index in [1.54, 1.807) is 25.3 Å². The van der Waals surface area contributed by atoms with Crippen molar-refractivity contribution in [2.45, 2.75) is 31.5 Å². The molecule has 5 rings (SSSR count). The number of aliphatic hydroxyl groups excluding tert-OH is 1. The second kappa shape index (κ2) is 11.3. The molecule has 0 aliphatic carbocycles. The summed E-state index contributed by atoms with van der Waals surface area (Å²) in [5.74, 6) is 0.904. The molecule has 0 bridgehead atoms. The van der Waals surface area contributed by atoms with E-state index in [4.69, 9.17) is 9.47 Å². The van der Waals surface area contributed by atoms with E-state index in [-0.39, 0.29) is 30.5 Å². The van der Waals surface area contributed by atoms with E-state index in [1.807, 2.05) is 12.1 Å². The van der Waals surface area contributed by atoms with Crippen LogP contribution in [-0.4, -0.2) is 65.3 Å². The van der Waals surface area contributed by atoms with Crippen LogP contribution < -0.4 is 20.1 Å². The van der Waals surface area contributed by atoms with Gasteiger partial charge in [-0.2, -0.15) is 0 Å². The van der Waals surface area contributed by atoms with Crippen molar-refractivity contribution >= 4 is 35.0 Å². The molecule has 1 amide bonds. The van der Waals surface area contributed by atoms with Crippen molar-refractivity contribution in [2.24, 2.45) is 0 Å². The molecule has 1 unspecified atom stereocenters. The molecule has 0 spiro atoms. The zero-order valence-electron chi connectivity index (χ0n) is 19.9. The molecule has 2 aromatic heterocycles. The number of carbonyl (C=O) groups excluding carboxylic acids is 1. The third kappa shape index (κ3) is 5.67. The maximum Gasteiger partial charge on any atom is 0.263 e. The molecule has 1 aromatic carbocycles. The Morgan fingerprint density at radius 1 is 1.31 bits per heavy atom. The number of nitrogens with zero attached hydrogens (tertiary/aromatic N) is 3. The fourth-order valence-corrected chi connectivity index (χ4v) is 4.64. The number of hydrogen-bond acceptors (Lipinski definition) is 8. The first-order valence-corrected chi connectivity index (χ1v) is 11.7. The number of nitrogens with one attached hydrogen (secondary N) is 2. The fraction of sp³-hybridized carbons (Fsp3) is 0.400. The van der Waals surface area contributed by atoms with Crippen LogP contribution in [0.1, 0.15) is 30.2 Å². The van der Waals surface area contributed by atoms with Gasteiger partial charge in [0.1, 0.15) is 11.6 Å². The summed E-state index contributed by atoms with van der Waals surface area (Å²) < 4.78 is 25.3. The summed E-state index contributed by atoms with van der Waals surface area (Å²) in [5, 5.41) is 17.7. The van der Waals surface area contributed by atoms with Crippen molar-refractivity contribution in [2.75, 3.05) is 38.7 Å². The number of halogens is 2. The molecular formula is C25H29ClFN5O4. The molecule has 4 heterocycles. The minimum Gasteiger partial charge on any atom is -0.497 e. The Morgan fingerprint density at radius 3 is 2.89 bits per heavy atom. The highest BCUT2D eigenvalue weighted by Gasteiger charge is 2.25. The lowest BCUT2D eigenvalue weighted by Gasteiger charge is -2.33. The van der Waals surface area contributed by atoms with E-state index < -0.39 is 11.9 Å². The minimum atomic E-state index is -0.978. The van der Waals surface area contributed by atoms with Gasteiger partial charge < -0.3 is 30.1 Å². The molecule has 2 aliphatic rings. The quantitative estimate of drug-likeness (QED) is 0.439. The minimum absolute atomic E-state index is 0. The van der Waals surface area contributed by atoms with Gasteiger partial charge in [-0.3, -0.25) is 9.78 Å². The van der Waals surface area contributed by atoms with Crippen LogP contribution in [0.2, 0.25) is 0 Å². The van der Waals surface area contributed by atoms with Crippen LogP contribution in [0.5, 0.6) is 11.5 Å². The van der Waals surface area contributed by atoms with Crippen LogP contribution in [0.25, 0.3) is 10.9 Å². The summed E-state index contributed by atoms with van der Waals surface area (Å²) in [6.45, 7) is 2.49. The summed E-state index contributed by atoms with van der Waals surface area (Å²) in [5.41, 5.74) is 1.69. The topological polar surface area (TPSA) is 109 Å². The number of piperidine rings is 1. The van der Waals surface area contributed by atoms with Gasteiger partial charge in [0.15, 0.2) is 18.2 Å². The van der Waals surface area contributed by atoms with E-state index in [1.165, 1.54) is 0 Å². The molecule has 192 valence electrons. The maximum absolute atomic E-state index is 14.7. The molecule has 11 heteroatoms. The maximum atomic E-state index is 14.7. The highest BCUT2D eigenvalue weighted by atomic mass is 35.5. The number of aliphatic hydroxyl groups is 1. The van der Waals surface area contributed by atoms with E-state index in [9.17, 15) is 14.3 Å². The largest absolute Gasteiger partial charge is 0.497 e. The molecule has 1 fully saturated rings. The molecule has 36 heavy (non-hydrogen) atoms. The first kappa shape index (κ1) is 26.0. The predicted molar refractivity (Wildman–Crippen MR) is 135 cm³/mol. The molecule has 0 radical (unpaired) electrons. The van der Waals surface area contributed by atoms with Gasteiger partial charge in [-0.05, 0) is 56.3 Å². The molecule has 9 nitrogen and oxygen atoms in total. The number of β-amino-alcohol motifs (C(OH)–C–C–N with tert-alkyl or cyclic N) is 1. The number of anilines is 1. The average molecular weight is 518 g/mol. The highest BCUT2D eigenvalue weighted by molar-refractivity contribution is 5.94. The van der Waals surface area contributed by atoms with Gasteiger partial charge in [-0.15, -0.1) is 12.4 Å². The van der Waals surface area contributed by atoms with Gasteiger partial charge in [-0.1, -0.05) is 0 Å². The molecule has 2 aliphatic heterocycles. The third-order valence-corrected chi connectivity index (χ3v) is 6.52. The summed E-state index contributed by atoms with van der Waals surface area (Å²) in [6, 6.07) is 9.25. The first-order chi connectivity index (χ1) is 17.0. The highest BCUT2D eigenvalue weighted by Crippen LogP contribution is 2.30.